The van der Waals surface area contributed by atoms with Gasteiger partial charge in [0, 0.05) is 12.6 Å². The van der Waals surface area contributed by atoms with E-state index in [4.69, 9.17) is 16.0 Å². The summed E-state index contributed by atoms with van der Waals surface area (Å²) in [6.07, 6.45) is 1.17. The predicted molar refractivity (Wildman–Crippen MR) is 67.2 cm³/mol. The molecule has 0 saturated carbocycles. The van der Waals surface area contributed by atoms with E-state index in [2.05, 4.69) is 20.8 Å². The van der Waals surface area contributed by atoms with E-state index in [-0.39, 0.29) is 17.2 Å². The topological polar surface area (TPSA) is 33.5 Å². The molecule has 0 spiro atoms. The Morgan fingerprint density at radius 2 is 2.12 bits per heavy atom. The molecule has 0 aromatic carbocycles. The Bertz CT molecular complexity index is 415. The van der Waals surface area contributed by atoms with E-state index < -0.39 is 0 Å². The zero-order chi connectivity index (χ0) is 12.6. The molecule has 0 aliphatic carbocycles. The van der Waals surface area contributed by atoms with E-state index in [1.165, 1.54) is 6.42 Å². The summed E-state index contributed by atoms with van der Waals surface area (Å²) in [6.45, 7) is 7.26. The van der Waals surface area contributed by atoms with E-state index in [9.17, 15) is 4.79 Å². The first kappa shape index (κ1) is 12.5. The number of nitrogens with zero attached hydrogens (tertiary/aromatic N) is 1. The third kappa shape index (κ3) is 2.49. The number of halogens is 1. The van der Waals surface area contributed by atoms with Gasteiger partial charge in [0.1, 0.15) is 0 Å². The van der Waals surface area contributed by atoms with Crippen molar-refractivity contribution in [1.29, 1.82) is 0 Å². The van der Waals surface area contributed by atoms with Crippen LogP contribution < -0.4 is 0 Å². The Kier molecular flexibility index (Phi) is 3.48. The fourth-order valence-electron chi connectivity index (χ4n) is 2.55. The highest BCUT2D eigenvalue weighted by Gasteiger charge is 2.33. The minimum Gasteiger partial charge on any atom is -0.440 e. The number of carbonyl (C=O) groups is 1. The van der Waals surface area contributed by atoms with Crippen molar-refractivity contribution in [2.24, 2.45) is 11.8 Å². The van der Waals surface area contributed by atoms with Crippen LogP contribution in [-0.2, 0) is 0 Å². The smallest absolute Gasteiger partial charge is 0.289 e. The van der Waals surface area contributed by atoms with Crippen molar-refractivity contribution < 1.29 is 9.21 Å². The van der Waals surface area contributed by atoms with Crippen LogP contribution in [0.3, 0.4) is 0 Å². The fraction of sp³-hybridized carbons (Fsp3) is 0.615. The second-order valence-electron chi connectivity index (χ2n) is 5.12. The molecule has 3 atom stereocenters. The standard InChI is InChI=1S/C13H18ClNO2/c1-8-6-9(2)10(3)15(7-8)13(16)11-4-5-12(14)17-11/h4-5,8-10H,6-7H2,1-3H3. The van der Waals surface area contributed by atoms with Gasteiger partial charge in [0.05, 0.1) is 0 Å². The summed E-state index contributed by atoms with van der Waals surface area (Å²) in [6, 6.07) is 3.50. The van der Waals surface area contributed by atoms with Crippen molar-refractivity contribution >= 4 is 17.5 Å². The lowest BCUT2D eigenvalue weighted by Gasteiger charge is -2.40. The van der Waals surface area contributed by atoms with Crippen LogP contribution in [0.25, 0.3) is 0 Å². The molecule has 3 nitrogen and oxygen atoms in total. The molecule has 0 bridgehead atoms. The fourth-order valence-corrected chi connectivity index (χ4v) is 2.70. The van der Waals surface area contributed by atoms with Gasteiger partial charge < -0.3 is 9.32 Å². The summed E-state index contributed by atoms with van der Waals surface area (Å²) in [7, 11) is 0. The lowest BCUT2D eigenvalue weighted by Crippen LogP contribution is -2.48. The van der Waals surface area contributed by atoms with Gasteiger partial charge in [-0.1, -0.05) is 13.8 Å². The molecular formula is C13H18ClNO2. The minimum atomic E-state index is -0.0530. The average molecular weight is 256 g/mol. The molecule has 0 N–H and O–H groups in total. The second kappa shape index (κ2) is 4.73. The van der Waals surface area contributed by atoms with Crippen molar-refractivity contribution in [2.75, 3.05) is 6.54 Å². The van der Waals surface area contributed by atoms with Crippen LogP contribution in [0.15, 0.2) is 16.5 Å². The molecule has 1 aliphatic rings. The number of likely N-dealkylation sites (tertiary alicyclic amines) is 1. The lowest BCUT2D eigenvalue weighted by molar-refractivity contribution is 0.0426. The number of hydrogen-bond donors (Lipinski definition) is 0. The largest absolute Gasteiger partial charge is 0.440 e. The summed E-state index contributed by atoms with van der Waals surface area (Å²) in [5.74, 6) is 1.34. The van der Waals surface area contributed by atoms with Gasteiger partial charge in [-0.2, -0.15) is 0 Å². The van der Waals surface area contributed by atoms with Crippen LogP contribution in [0.4, 0.5) is 0 Å². The maximum Gasteiger partial charge on any atom is 0.289 e. The van der Waals surface area contributed by atoms with E-state index in [0.29, 0.717) is 17.6 Å². The number of furan rings is 1. The Morgan fingerprint density at radius 1 is 1.41 bits per heavy atom. The van der Waals surface area contributed by atoms with Crippen LogP contribution in [0, 0.1) is 11.8 Å². The number of rotatable bonds is 1. The molecule has 2 heterocycles. The Labute approximate surface area is 107 Å². The normalized spacial score (nSPS) is 29.4. The van der Waals surface area contributed by atoms with Crippen LogP contribution in [0.5, 0.6) is 0 Å². The Morgan fingerprint density at radius 3 is 2.71 bits per heavy atom. The third-order valence-corrected chi connectivity index (χ3v) is 3.85. The molecule has 4 heteroatoms. The molecule has 17 heavy (non-hydrogen) atoms. The van der Waals surface area contributed by atoms with Gasteiger partial charge in [0.2, 0.25) is 0 Å². The highest BCUT2D eigenvalue weighted by atomic mass is 35.5. The van der Waals surface area contributed by atoms with E-state index in [0.717, 1.165) is 6.54 Å². The van der Waals surface area contributed by atoms with Gasteiger partial charge in [-0.25, -0.2) is 0 Å². The van der Waals surface area contributed by atoms with Crippen LogP contribution >= 0.6 is 11.6 Å². The molecule has 1 aliphatic heterocycles. The molecule has 0 radical (unpaired) electrons. The number of piperidine rings is 1. The van der Waals surface area contributed by atoms with Crippen molar-refractivity contribution in [3.05, 3.63) is 23.1 Å². The van der Waals surface area contributed by atoms with E-state index in [1.54, 1.807) is 12.1 Å². The number of amides is 1. The first-order valence-electron chi connectivity index (χ1n) is 6.05. The molecule has 2 rings (SSSR count). The van der Waals surface area contributed by atoms with Crippen molar-refractivity contribution in [3.8, 4) is 0 Å². The SMILES string of the molecule is CC1CC(C)C(C)N(C(=O)c2ccc(Cl)o2)C1. The predicted octanol–water partition coefficient (Wildman–Crippen LogP) is 3.44. The molecular weight excluding hydrogens is 238 g/mol. The third-order valence-electron chi connectivity index (χ3n) is 3.64. The molecule has 3 unspecified atom stereocenters. The van der Waals surface area contributed by atoms with Crippen LogP contribution in [0.1, 0.15) is 37.7 Å². The highest BCUT2D eigenvalue weighted by molar-refractivity contribution is 6.29. The molecule has 94 valence electrons. The first-order chi connectivity index (χ1) is 7.99. The molecule has 1 amide bonds. The van der Waals surface area contributed by atoms with Gasteiger partial charge in [-0.3, -0.25) is 4.79 Å². The van der Waals surface area contributed by atoms with Gasteiger partial charge in [-0.05, 0) is 48.9 Å². The quantitative estimate of drug-likeness (QED) is 0.770. The van der Waals surface area contributed by atoms with E-state index in [1.807, 2.05) is 4.90 Å². The monoisotopic (exact) mass is 255 g/mol. The highest BCUT2D eigenvalue weighted by Crippen LogP contribution is 2.28. The second-order valence-corrected chi connectivity index (χ2v) is 5.49. The lowest BCUT2D eigenvalue weighted by atomic mass is 9.86. The van der Waals surface area contributed by atoms with Gasteiger partial charge in [-0.15, -0.1) is 0 Å². The zero-order valence-corrected chi connectivity index (χ0v) is 11.2. The van der Waals surface area contributed by atoms with Crippen molar-refractivity contribution in [3.63, 3.8) is 0 Å². The summed E-state index contributed by atoms with van der Waals surface area (Å²) in [5, 5.41) is 0.263. The Hall–Kier alpha value is -0.960. The summed E-state index contributed by atoms with van der Waals surface area (Å²) in [4.78, 5) is 14.2. The summed E-state index contributed by atoms with van der Waals surface area (Å²) < 4.78 is 5.19. The molecule has 1 fully saturated rings. The van der Waals surface area contributed by atoms with Crippen molar-refractivity contribution in [2.45, 2.75) is 33.2 Å². The molecule has 1 aromatic heterocycles. The first-order valence-corrected chi connectivity index (χ1v) is 6.43. The number of carbonyl (C=O) groups excluding carboxylic acids is 1. The van der Waals surface area contributed by atoms with Crippen LogP contribution in [0.2, 0.25) is 5.22 Å². The van der Waals surface area contributed by atoms with Gasteiger partial charge in [0.25, 0.3) is 5.91 Å². The van der Waals surface area contributed by atoms with Crippen molar-refractivity contribution in [1.82, 2.24) is 4.90 Å². The van der Waals surface area contributed by atoms with E-state index >= 15 is 0 Å². The summed E-state index contributed by atoms with van der Waals surface area (Å²) in [5.41, 5.74) is 0. The summed E-state index contributed by atoms with van der Waals surface area (Å²) >= 11 is 5.70. The molecule has 1 aromatic rings. The minimum absolute atomic E-state index is 0.0530. The Balaban J connectivity index is 2.18. The number of hydrogen-bond acceptors (Lipinski definition) is 2. The van der Waals surface area contributed by atoms with Gasteiger partial charge in [0.15, 0.2) is 11.0 Å². The van der Waals surface area contributed by atoms with Gasteiger partial charge >= 0.3 is 0 Å². The maximum absolute atomic E-state index is 12.3. The van der Waals surface area contributed by atoms with Crippen LogP contribution in [-0.4, -0.2) is 23.4 Å². The zero-order valence-electron chi connectivity index (χ0n) is 10.4. The average Bonchev–Trinajstić information content (AvgIpc) is 2.69. The maximum atomic E-state index is 12.3. The molecule has 1 saturated heterocycles.